The summed E-state index contributed by atoms with van der Waals surface area (Å²) >= 11 is 0. The number of ketones is 4. The largest absolute Gasteiger partial charge is 0.494 e. The highest BCUT2D eigenvalue weighted by molar-refractivity contribution is 6.02. The van der Waals surface area contributed by atoms with Crippen LogP contribution in [0.3, 0.4) is 0 Å². The molecular weight excluding hydrogens is 504 g/mol. The summed E-state index contributed by atoms with van der Waals surface area (Å²) < 4.78 is 12.0. The summed E-state index contributed by atoms with van der Waals surface area (Å²) in [5.74, 6) is 1.23. The molecule has 0 radical (unpaired) electrons. The number of Topliss-reactive ketones (excluding diaryl/α,β-unsaturated/α-hetero) is 4. The molecule has 0 unspecified atom stereocenters. The number of benzene rings is 1. The standard InChI is InChI=1S/C34H54O6/c1-6-26-25-27(39-23-17-13-11-15-19-28(30(35)7-2)31(36)8-3)21-22-34(26)40-24-18-14-12-16-20-29(32(37)9-4)33(38)10-5/h21-22,25,28-29H,6-20,23-24H2,1-5H3. The summed E-state index contributed by atoms with van der Waals surface area (Å²) in [6, 6.07) is 6.00. The lowest BCUT2D eigenvalue weighted by atomic mass is 9.90. The Kier molecular flexibility index (Phi) is 18.9. The van der Waals surface area contributed by atoms with Crippen LogP contribution in [0, 0.1) is 11.8 Å². The van der Waals surface area contributed by atoms with Crippen molar-refractivity contribution in [1.29, 1.82) is 0 Å². The fraction of sp³-hybridized carbons (Fsp3) is 0.706. The normalized spacial score (nSPS) is 11.2. The van der Waals surface area contributed by atoms with E-state index in [2.05, 4.69) is 13.0 Å². The first-order chi connectivity index (χ1) is 19.3. The van der Waals surface area contributed by atoms with Crippen LogP contribution in [0.2, 0.25) is 0 Å². The Labute approximate surface area is 243 Å². The second-order valence-electron chi connectivity index (χ2n) is 10.6. The first-order valence-corrected chi connectivity index (χ1v) is 15.8. The molecule has 0 saturated carbocycles. The van der Waals surface area contributed by atoms with Gasteiger partial charge in [-0.05, 0) is 55.9 Å². The molecule has 1 aromatic rings. The van der Waals surface area contributed by atoms with Gasteiger partial charge in [0.05, 0.1) is 25.0 Å². The SMILES string of the molecule is CCC(=O)C(CCCCCCOc1ccc(OCCCCCCC(C(=O)CC)C(=O)CC)c(CC)c1)C(=O)CC. The Morgan fingerprint density at radius 1 is 0.575 bits per heavy atom. The second kappa shape index (κ2) is 21.3. The Bertz CT molecular complexity index is 874. The molecule has 0 saturated heterocycles. The Morgan fingerprint density at radius 2 is 1.00 bits per heavy atom. The van der Waals surface area contributed by atoms with Gasteiger partial charge in [-0.1, -0.05) is 73.1 Å². The molecule has 0 spiro atoms. The number of ether oxygens (including phenoxy) is 2. The number of aryl methyl sites for hydroxylation is 1. The molecule has 0 aliphatic rings. The van der Waals surface area contributed by atoms with Gasteiger partial charge in [-0.2, -0.15) is 0 Å². The number of hydrogen-bond donors (Lipinski definition) is 0. The predicted molar refractivity (Wildman–Crippen MR) is 161 cm³/mol. The van der Waals surface area contributed by atoms with Gasteiger partial charge in [0.15, 0.2) is 0 Å². The smallest absolute Gasteiger partial charge is 0.143 e. The van der Waals surface area contributed by atoms with Crippen LogP contribution < -0.4 is 9.47 Å². The summed E-state index contributed by atoms with van der Waals surface area (Å²) in [5.41, 5.74) is 1.13. The molecule has 6 nitrogen and oxygen atoms in total. The zero-order valence-electron chi connectivity index (χ0n) is 25.9. The summed E-state index contributed by atoms with van der Waals surface area (Å²) in [7, 11) is 0. The van der Waals surface area contributed by atoms with Crippen LogP contribution in [-0.4, -0.2) is 36.3 Å². The van der Waals surface area contributed by atoms with Gasteiger partial charge in [0, 0.05) is 25.7 Å². The highest BCUT2D eigenvalue weighted by Gasteiger charge is 2.23. The third-order valence-corrected chi connectivity index (χ3v) is 7.66. The van der Waals surface area contributed by atoms with Crippen LogP contribution in [0.5, 0.6) is 11.5 Å². The number of rotatable bonds is 25. The van der Waals surface area contributed by atoms with Gasteiger partial charge in [0.2, 0.25) is 0 Å². The maximum Gasteiger partial charge on any atom is 0.143 e. The lowest BCUT2D eigenvalue weighted by Gasteiger charge is -2.14. The van der Waals surface area contributed by atoms with E-state index < -0.39 is 11.8 Å². The van der Waals surface area contributed by atoms with E-state index in [0.717, 1.165) is 74.8 Å². The molecule has 1 aromatic carbocycles. The molecule has 0 atom stereocenters. The molecule has 0 aliphatic carbocycles. The maximum absolute atomic E-state index is 12.0. The lowest BCUT2D eigenvalue weighted by molar-refractivity contribution is -0.134. The van der Waals surface area contributed by atoms with Crippen LogP contribution in [0.25, 0.3) is 0 Å². The zero-order valence-corrected chi connectivity index (χ0v) is 25.9. The molecule has 1 rings (SSSR count). The van der Waals surface area contributed by atoms with Gasteiger partial charge in [0.25, 0.3) is 0 Å². The average molecular weight is 559 g/mol. The lowest BCUT2D eigenvalue weighted by Crippen LogP contribution is -2.22. The number of hydrogen-bond acceptors (Lipinski definition) is 6. The van der Waals surface area contributed by atoms with Crippen molar-refractivity contribution in [1.82, 2.24) is 0 Å². The van der Waals surface area contributed by atoms with Crippen molar-refractivity contribution in [2.75, 3.05) is 13.2 Å². The topological polar surface area (TPSA) is 86.7 Å². The van der Waals surface area contributed by atoms with E-state index in [0.29, 0.717) is 51.7 Å². The van der Waals surface area contributed by atoms with Crippen LogP contribution in [0.4, 0.5) is 0 Å². The van der Waals surface area contributed by atoms with E-state index in [1.165, 1.54) is 0 Å². The predicted octanol–water partition coefficient (Wildman–Crippen LogP) is 8.06. The molecule has 0 aromatic heterocycles. The third-order valence-electron chi connectivity index (χ3n) is 7.66. The Hall–Kier alpha value is -2.50. The highest BCUT2D eigenvalue weighted by Crippen LogP contribution is 2.26. The molecule has 40 heavy (non-hydrogen) atoms. The van der Waals surface area contributed by atoms with E-state index in [1.807, 2.05) is 39.8 Å². The summed E-state index contributed by atoms with van der Waals surface area (Å²) in [5, 5.41) is 0. The van der Waals surface area contributed by atoms with Gasteiger partial charge in [0.1, 0.15) is 34.6 Å². The van der Waals surface area contributed by atoms with Crippen LogP contribution >= 0.6 is 0 Å². The molecule has 0 N–H and O–H groups in total. The molecule has 0 aliphatic heterocycles. The minimum Gasteiger partial charge on any atom is -0.494 e. The molecule has 0 bridgehead atoms. The minimum absolute atomic E-state index is 0.0742. The molecule has 0 heterocycles. The van der Waals surface area contributed by atoms with E-state index in [-0.39, 0.29) is 23.1 Å². The highest BCUT2D eigenvalue weighted by atomic mass is 16.5. The van der Waals surface area contributed by atoms with Crippen molar-refractivity contribution < 1.29 is 28.7 Å². The van der Waals surface area contributed by atoms with E-state index in [9.17, 15) is 19.2 Å². The van der Waals surface area contributed by atoms with Crippen molar-refractivity contribution in [2.45, 2.75) is 131 Å². The van der Waals surface area contributed by atoms with Gasteiger partial charge in [-0.3, -0.25) is 19.2 Å². The second-order valence-corrected chi connectivity index (χ2v) is 10.6. The van der Waals surface area contributed by atoms with Crippen molar-refractivity contribution in [2.24, 2.45) is 11.8 Å². The first-order valence-electron chi connectivity index (χ1n) is 15.8. The minimum atomic E-state index is -0.410. The number of carbonyl (C=O) groups excluding carboxylic acids is 4. The van der Waals surface area contributed by atoms with Crippen LogP contribution in [-0.2, 0) is 25.6 Å². The van der Waals surface area contributed by atoms with Crippen LogP contribution in [0.1, 0.15) is 130 Å². The molecule has 0 amide bonds. The first kappa shape index (κ1) is 35.5. The number of unbranched alkanes of at least 4 members (excludes halogenated alkanes) is 6. The van der Waals surface area contributed by atoms with Crippen molar-refractivity contribution in [3.8, 4) is 11.5 Å². The fourth-order valence-corrected chi connectivity index (χ4v) is 5.03. The van der Waals surface area contributed by atoms with Gasteiger partial charge in [-0.15, -0.1) is 0 Å². The quantitative estimate of drug-likeness (QED) is 0.0891. The van der Waals surface area contributed by atoms with Gasteiger partial charge < -0.3 is 9.47 Å². The zero-order chi connectivity index (χ0) is 29.8. The van der Waals surface area contributed by atoms with E-state index in [4.69, 9.17) is 9.47 Å². The van der Waals surface area contributed by atoms with Gasteiger partial charge in [-0.25, -0.2) is 0 Å². The van der Waals surface area contributed by atoms with Gasteiger partial charge >= 0.3 is 0 Å². The monoisotopic (exact) mass is 558 g/mol. The summed E-state index contributed by atoms with van der Waals surface area (Å²) in [6.45, 7) is 10.7. The summed E-state index contributed by atoms with van der Waals surface area (Å²) in [4.78, 5) is 48.1. The molecule has 6 heteroatoms. The Morgan fingerprint density at radius 3 is 1.43 bits per heavy atom. The fourth-order valence-electron chi connectivity index (χ4n) is 5.03. The van der Waals surface area contributed by atoms with Crippen molar-refractivity contribution in [3.63, 3.8) is 0 Å². The molecule has 226 valence electrons. The van der Waals surface area contributed by atoms with Crippen molar-refractivity contribution >= 4 is 23.1 Å². The van der Waals surface area contributed by atoms with E-state index >= 15 is 0 Å². The van der Waals surface area contributed by atoms with E-state index in [1.54, 1.807) is 0 Å². The third kappa shape index (κ3) is 13.2. The summed E-state index contributed by atoms with van der Waals surface area (Å²) in [6.07, 6.45) is 11.6. The molecule has 0 fully saturated rings. The Balaban J connectivity index is 2.30. The number of carbonyl (C=O) groups is 4. The average Bonchev–Trinajstić information content (AvgIpc) is 2.98. The maximum atomic E-state index is 12.0. The van der Waals surface area contributed by atoms with Crippen LogP contribution in [0.15, 0.2) is 18.2 Å². The molecular formula is C34H54O6. The van der Waals surface area contributed by atoms with Crippen molar-refractivity contribution in [3.05, 3.63) is 23.8 Å².